The number of aryl methyl sites for hydroxylation is 1. The fraction of sp³-hybridized carbons (Fsp3) is 0.263. The molecule has 132 valence electrons. The van der Waals surface area contributed by atoms with Gasteiger partial charge in [-0.15, -0.1) is 0 Å². The molecule has 3 nitrogen and oxygen atoms in total. The summed E-state index contributed by atoms with van der Waals surface area (Å²) in [6.45, 7) is 1.68. The molecule has 3 rings (SSSR count). The largest absolute Gasteiger partial charge is 0.264 e. The average Bonchev–Trinajstić information content (AvgIpc) is 3.04. The van der Waals surface area contributed by atoms with Crippen LogP contribution in [0.4, 0.5) is 8.78 Å². The maximum Gasteiger partial charge on any atom is 0.264 e. The molecule has 0 radical (unpaired) electrons. The first-order valence-electron chi connectivity index (χ1n) is 8.01. The zero-order valence-corrected chi connectivity index (χ0v) is 14.6. The third-order valence-corrected chi connectivity index (χ3v) is 5.54. The Morgan fingerprint density at radius 2 is 1.52 bits per heavy atom. The lowest BCUT2D eigenvalue weighted by atomic mass is 9.94. The lowest BCUT2D eigenvalue weighted by Crippen LogP contribution is -2.11. The van der Waals surface area contributed by atoms with Gasteiger partial charge in [-0.1, -0.05) is 24.3 Å². The highest BCUT2D eigenvalue weighted by Gasteiger charge is 2.20. The van der Waals surface area contributed by atoms with Crippen LogP contribution in [0, 0.1) is 6.92 Å². The van der Waals surface area contributed by atoms with Crippen LogP contribution in [0.15, 0.2) is 47.4 Å². The monoisotopic (exact) mass is 363 g/mol. The van der Waals surface area contributed by atoms with Gasteiger partial charge in [0.15, 0.2) is 0 Å². The predicted octanol–water partition coefficient (Wildman–Crippen LogP) is 4.67. The Hall–Kier alpha value is -2.05. The number of hydrogen-bond donors (Lipinski definition) is 1. The molecular weight excluding hydrogens is 344 g/mol. The van der Waals surface area contributed by atoms with Gasteiger partial charge in [0.1, 0.15) is 0 Å². The first kappa shape index (κ1) is 17.8. The molecule has 1 aliphatic carbocycles. The molecule has 0 aliphatic heterocycles. The van der Waals surface area contributed by atoms with Crippen LogP contribution in [0.3, 0.4) is 0 Å². The van der Waals surface area contributed by atoms with Crippen LogP contribution in [0.1, 0.15) is 47.9 Å². The average molecular weight is 363 g/mol. The number of allylic oxidation sites excluding steroid dienone is 2. The molecule has 2 aromatic rings. The van der Waals surface area contributed by atoms with Crippen LogP contribution >= 0.6 is 0 Å². The van der Waals surface area contributed by atoms with Gasteiger partial charge in [0.05, 0.1) is 4.90 Å². The minimum atomic E-state index is -3.73. The van der Waals surface area contributed by atoms with Crippen LogP contribution in [0.5, 0.6) is 0 Å². The van der Waals surface area contributed by atoms with Crippen LogP contribution in [-0.2, 0) is 10.0 Å². The summed E-state index contributed by atoms with van der Waals surface area (Å²) in [6, 6.07) is 11.6. The standard InChI is InChI=1S/C19H19F2NO2S/c1-12-5-6-14(11-18(12)19(20)21)17-4-2-3-16(17)13-7-9-15(10-8-13)25(22,23)24/h5-11,19H,2-4H2,1H3,(H2,22,23,24). The Bertz CT molecular complexity index is 932. The fourth-order valence-electron chi connectivity index (χ4n) is 3.29. The van der Waals surface area contributed by atoms with Crippen molar-refractivity contribution in [2.45, 2.75) is 37.5 Å². The van der Waals surface area contributed by atoms with E-state index in [-0.39, 0.29) is 10.5 Å². The van der Waals surface area contributed by atoms with Crippen molar-refractivity contribution in [2.75, 3.05) is 0 Å². The number of benzene rings is 2. The molecule has 0 amide bonds. The third-order valence-electron chi connectivity index (χ3n) is 4.61. The van der Waals surface area contributed by atoms with Gasteiger partial charge in [-0.2, -0.15) is 0 Å². The van der Waals surface area contributed by atoms with Gasteiger partial charge < -0.3 is 0 Å². The number of sulfonamides is 1. The van der Waals surface area contributed by atoms with Crippen molar-refractivity contribution in [2.24, 2.45) is 5.14 Å². The van der Waals surface area contributed by atoms with Crippen molar-refractivity contribution in [3.63, 3.8) is 0 Å². The van der Waals surface area contributed by atoms with E-state index in [4.69, 9.17) is 5.14 Å². The number of nitrogens with two attached hydrogens (primary N) is 1. The van der Waals surface area contributed by atoms with Crippen LogP contribution in [0.2, 0.25) is 0 Å². The first-order valence-corrected chi connectivity index (χ1v) is 9.56. The van der Waals surface area contributed by atoms with Gasteiger partial charge in [-0.3, -0.25) is 0 Å². The molecule has 0 unspecified atom stereocenters. The molecule has 0 bridgehead atoms. The van der Waals surface area contributed by atoms with Gasteiger partial charge in [0.2, 0.25) is 10.0 Å². The molecule has 0 spiro atoms. The minimum absolute atomic E-state index is 0.0563. The summed E-state index contributed by atoms with van der Waals surface area (Å²) >= 11 is 0. The Balaban J connectivity index is 2.05. The molecule has 0 heterocycles. The van der Waals surface area contributed by atoms with E-state index in [2.05, 4.69) is 0 Å². The third kappa shape index (κ3) is 3.65. The quantitative estimate of drug-likeness (QED) is 0.858. The highest BCUT2D eigenvalue weighted by atomic mass is 32.2. The molecular formula is C19H19F2NO2S. The lowest BCUT2D eigenvalue weighted by molar-refractivity contribution is 0.150. The van der Waals surface area contributed by atoms with Crippen LogP contribution < -0.4 is 5.14 Å². The van der Waals surface area contributed by atoms with E-state index in [0.717, 1.165) is 41.5 Å². The molecule has 0 atom stereocenters. The summed E-state index contributed by atoms with van der Waals surface area (Å²) in [5, 5.41) is 5.13. The van der Waals surface area contributed by atoms with E-state index >= 15 is 0 Å². The zero-order valence-electron chi connectivity index (χ0n) is 13.8. The molecule has 6 heteroatoms. The molecule has 1 aliphatic rings. The second kappa shape index (κ2) is 6.69. The molecule has 25 heavy (non-hydrogen) atoms. The molecule has 0 saturated carbocycles. The van der Waals surface area contributed by atoms with Crippen LogP contribution in [0.25, 0.3) is 11.1 Å². The Morgan fingerprint density at radius 3 is 2.08 bits per heavy atom. The molecule has 2 aromatic carbocycles. The van der Waals surface area contributed by atoms with Crippen molar-refractivity contribution < 1.29 is 17.2 Å². The second-order valence-electron chi connectivity index (χ2n) is 6.25. The van der Waals surface area contributed by atoms with Crippen molar-refractivity contribution in [1.29, 1.82) is 0 Å². The van der Waals surface area contributed by atoms with Crippen LogP contribution in [-0.4, -0.2) is 8.42 Å². The van der Waals surface area contributed by atoms with Gasteiger partial charge in [0, 0.05) is 5.56 Å². The van der Waals surface area contributed by atoms with E-state index in [9.17, 15) is 17.2 Å². The summed E-state index contributed by atoms with van der Waals surface area (Å²) in [6.07, 6.45) is 0.0962. The maximum absolute atomic E-state index is 13.2. The normalized spacial score (nSPS) is 15.2. The van der Waals surface area contributed by atoms with Crippen molar-refractivity contribution in [3.8, 4) is 0 Å². The minimum Gasteiger partial charge on any atom is -0.225 e. The Kier molecular flexibility index (Phi) is 4.75. The van der Waals surface area contributed by atoms with E-state index in [0.29, 0.717) is 5.56 Å². The van der Waals surface area contributed by atoms with Crippen molar-refractivity contribution >= 4 is 21.2 Å². The van der Waals surface area contributed by atoms with E-state index in [1.165, 1.54) is 12.1 Å². The summed E-state index contributed by atoms with van der Waals surface area (Å²) in [7, 11) is -3.73. The van der Waals surface area contributed by atoms with E-state index in [1.54, 1.807) is 31.2 Å². The second-order valence-corrected chi connectivity index (χ2v) is 7.81. The molecule has 0 fully saturated rings. The van der Waals surface area contributed by atoms with Gasteiger partial charge in [0.25, 0.3) is 6.43 Å². The maximum atomic E-state index is 13.2. The summed E-state index contributed by atoms with van der Waals surface area (Å²) in [4.78, 5) is 0.0618. The topological polar surface area (TPSA) is 60.2 Å². The number of halogens is 2. The van der Waals surface area contributed by atoms with Crippen molar-refractivity contribution in [3.05, 3.63) is 64.7 Å². The zero-order chi connectivity index (χ0) is 18.2. The van der Waals surface area contributed by atoms with E-state index in [1.807, 2.05) is 6.07 Å². The number of rotatable bonds is 4. The van der Waals surface area contributed by atoms with Gasteiger partial charge >= 0.3 is 0 Å². The lowest BCUT2D eigenvalue weighted by Gasteiger charge is -2.12. The highest BCUT2D eigenvalue weighted by Crippen LogP contribution is 2.41. The Morgan fingerprint density at radius 1 is 0.960 bits per heavy atom. The van der Waals surface area contributed by atoms with Gasteiger partial charge in [-0.05, 0) is 72.2 Å². The molecule has 0 saturated heterocycles. The van der Waals surface area contributed by atoms with Gasteiger partial charge in [-0.25, -0.2) is 22.3 Å². The number of hydrogen-bond acceptors (Lipinski definition) is 2. The number of primary sulfonamides is 1. The SMILES string of the molecule is Cc1ccc(C2=C(c3ccc(S(N)(=O)=O)cc3)CCC2)cc1C(F)F. The summed E-state index contributed by atoms with van der Waals surface area (Å²) in [5.74, 6) is 0. The van der Waals surface area contributed by atoms with Crippen molar-refractivity contribution in [1.82, 2.24) is 0 Å². The predicted molar refractivity (Wildman–Crippen MR) is 94.6 cm³/mol. The summed E-state index contributed by atoms with van der Waals surface area (Å²) in [5.41, 5.74) is 4.47. The fourth-order valence-corrected chi connectivity index (χ4v) is 3.81. The Labute approximate surface area is 146 Å². The number of alkyl halides is 2. The molecule has 0 aromatic heterocycles. The highest BCUT2D eigenvalue weighted by molar-refractivity contribution is 7.89. The smallest absolute Gasteiger partial charge is 0.225 e. The van der Waals surface area contributed by atoms with E-state index < -0.39 is 16.4 Å². The molecule has 2 N–H and O–H groups in total. The first-order chi connectivity index (χ1) is 11.8. The summed E-state index contributed by atoms with van der Waals surface area (Å²) < 4.78 is 49.1.